The van der Waals surface area contributed by atoms with Gasteiger partial charge in [-0.3, -0.25) is 19.5 Å². The predicted octanol–water partition coefficient (Wildman–Crippen LogP) is 4.16. The van der Waals surface area contributed by atoms with Crippen molar-refractivity contribution in [2.24, 2.45) is 5.92 Å². The number of nitrogens with zero attached hydrogens (tertiary/aromatic N) is 2. The van der Waals surface area contributed by atoms with Crippen molar-refractivity contribution in [3.8, 4) is 0 Å². The second-order valence-corrected chi connectivity index (χ2v) is 7.83. The Labute approximate surface area is 181 Å². The molecular weight excluding hydrogens is 396 g/mol. The molecule has 1 unspecified atom stereocenters. The van der Waals surface area contributed by atoms with E-state index in [1.807, 2.05) is 20.8 Å². The van der Waals surface area contributed by atoms with Gasteiger partial charge in [-0.25, -0.2) is 4.79 Å². The van der Waals surface area contributed by atoms with Gasteiger partial charge in [0, 0.05) is 24.5 Å². The van der Waals surface area contributed by atoms with Gasteiger partial charge in [0.1, 0.15) is 0 Å². The van der Waals surface area contributed by atoms with E-state index in [9.17, 15) is 19.5 Å². The number of ketones is 1. The second-order valence-electron chi connectivity index (χ2n) is 7.83. The lowest BCUT2D eigenvalue weighted by atomic mass is 9.92. The number of Topliss-reactive ketones (excluding diaryl/α,β-unsaturated/α-hetero) is 1. The third-order valence-electron chi connectivity index (χ3n) is 4.90. The summed E-state index contributed by atoms with van der Waals surface area (Å²) in [4.78, 5) is 43.8. The Morgan fingerprint density at radius 3 is 2.65 bits per heavy atom. The number of carbonyl (C=O) groups excluding carboxylic acids is 3. The van der Waals surface area contributed by atoms with Crippen molar-refractivity contribution in [1.82, 2.24) is 4.98 Å². The molecule has 1 N–H and O–H groups in total. The molecule has 3 rings (SSSR count). The van der Waals surface area contributed by atoms with Crippen LogP contribution in [0, 0.1) is 5.92 Å². The van der Waals surface area contributed by atoms with Crippen molar-refractivity contribution in [3.05, 3.63) is 71.3 Å². The summed E-state index contributed by atoms with van der Waals surface area (Å²) >= 11 is 0. The van der Waals surface area contributed by atoms with E-state index in [1.165, 1.54) is 11.0 Å². The smallest absolute Gasteiger partial charge is 0.338 e. The largest absolute Gasteiger partial charge is 0.503 e. The van der Waals surface area contributed by atoms with Crippen LogP contribution in [0.15, 0.2) is 60.1 Å². The summed E-state index contributed by atoms with van der Waals surface area (Å²) in [5, 5.41) is 10.7. The van der Waals surface area contributed by atoms with Crippen LogP contribution >= 0.6 is 0 Å². The van der Waals surface area contributed by atoms with Gasteiger partial charge in [0.15, 0.2) is 11.5 Å². The average molecular weight is 422 g/mol. The summed E-state index contributed by atoms with van der Waals surface area (Å²) in [5.74, 6) is -2.00. The first-order valence-electron chi connectivity index (χ1n) is 10.3. The molecule has 0 fully saturated rings. The third kappa shape index (κ3) is 4.66. The standard InChI is InChI=1S/C24H26N2O5/c1-4-11-31-24(30)16-7-5-9-18(13-16)26-21(17-8-6-10-25-14-17)20(22(28)23(26)29)19(27)12-15(2)3/h5-10,13-15,21,28H,4,11-12H2,1-3H3. The van der Waals surface area contributed by atoms with Crippen LogP contribution in [0.25, 0.3) is 0 Å². The van der Waals surface area contributed by atoms with E-state index in [2.05, 4.69) is 4.98 Å². The number of ether oxygens (including phenoxy) is 1. The number of hydrogen-bond acceptors (Lipinski definition) is 6. The summed E-state index contributed by atoms with van der Waals surface area (Å²) in [6, 6.07) is 9.03. The van der Waals surface area contributed by atoms with Crippen molar-refractivity contribution < 1.29 is 24.2 Å². The van der Waals surface area contributed by atoms with Crippen molar-refractivity contribution in [2.45, 2.75) is 39.7 Å². The first-order valence-corrected chi connectivity index (χ1v) is 10.3. The maximum absolute atomic E-state index is 13.1. The molecule has 0 spiro atoms. The molecule has 1 aromatic carbocycles. The zero-order valence-electron chi connectivity index (χ0n) is 17.9. The molecular formula is C24H26N2O5. The molecule has 0 radical (unpaired) electrons. The Morgan fingerprint density at radius 1 is 1.23 bits per heavy atom. The van der Waals surface area contributed by atoms with E-state index in [0.717, 1.165) is 0 Å². The number of aliphatic hydroxyl groups excluding tert-OH is 1. The van der Waals surface area contributed by atoms with Gasteiger partial charge in [0.05, 0.1) is 23.8 Å². The second kappa shape index (κ2) is 9.55. The van der Waals surface area contributed by atoms with Crippen molar-refractivity contribution in [3.63, 3.8) is 0 Å². The van der Waals surface area contributed by atoms with Gasteiger partial charge < -0.3 is 9.84 Å². The van der Waals surface area contributed by atoms with Gasteiger partial charge in [0.25, 0.3) is 5.91 Å². The molecule has 2 heterocycles. The number of rotatable bonds is 8. The molecule has 162 valence electrons. The van der Waals surface area contributed by atoms with Crippen LogP contribution in [-0.4, -0.2) is 34.4 Å². The lowest BCUT2D eigenvalue weighted by Crippen LogP contribution is -2.31. The normalized spacial score (nSPS) is 16.2. The molecule has 0 aliphatic carbocycles. The Bertz CT molecular complexity index is 1010. The first kappa shape index (κ1) is 22.2. The molecule has 7 nitrogen and oxygen atoms in total. The fraction of sp³-hybridized carbons (Fsp3) is 0.333. The number of pyridine rings is 1. The monoisotopic (exact) mass is 422 g/mol. The average Bonchev–Trinajstić information content (AvgIpc) is 3.03. The molecule has 31 heavy (non-hydrogen) atoms. The molecule has 0 bridgehead atoms. The zero-order chi connectivity index (χ0) is 22.5. The Balaban J connectivity index is 2.06. The van der Waals surface area contributed by atoms with Gasteiger partial charge in [-0.05, 0) is 42.2 Å². The minimum Gasteiger partial charge on any atom is -0.503 e. The molecule has 2 aromatic rings. The lowest BCUT2D eigenvalue weighted by molar-refractivity contribution is -0.118. The maximum atomic E-state index is 13.1. The molecule has 1 atom stereocenters. The zero-order valence-corrected chi connectivity index (χ0v) is 17.9. The van der Waals surface area contributed by atoms with Crippen LogP contribution in [0.5, 0.6) is 0 Å². The topological polar surface area (TPSA) is 96.8 Å². The van der Waals surface area contributed by atoms with E-state index in [-0.39, 0.29) is 29.3 Å². The highest BCUT2D eigenvalue weighted by Crippen LogP contribution is 2.41. The van der Waals surface area contributed by atoms with E-state index in [0.29, 0.717) is 24.3 Å². The SMILES string of the molecule is CCCOC(=O)c1cccc(N2C(=O)C(O)=C(C(=O)CC(C)C)C2c2cccnc2)c1. The van der Waals surface area contributed by atoms with Crippen LogP contribution in [0.3, 0.4) is 0 Å². The van der Waals surface area contributed by atoms with Gasteiger partial charge in [-0.2, -0.15) is 0 Å². The highest BCUT2D eigenvalue weighted by atomic mass is 16.5. The number of amides is 1. The third-order valence-corrected chi connectivity index (χ3v) is 4.90. The van der Waals surface area contributed by atoms with Gasteiger partial charge in [0.2, 0.25) is 0 Å². The van der Waals surface area contributed by atoms with Crippen LogP contribution < -0.4 is 4.90 Å². The van der Waals surface area contributed by atoms with Crippen LogP contribution in [0.4, 0.5) is 5.69 Å². The summed E-state index contributed by atoms with van der Waals surface area (Å²) in [7, 11) is 0. The molecule has 0 saturated carbocycles. The highest BCUT2D eigenvalue weighted by Gasteiger charge is 2.44. The fourth-order valence-electron chi connectivity index (χ4n) is 3.55. The molecule has 1 aromatic heterocycles. The van der Waals surface area contributed by atoms with Crippen LogP contribution in [0.2, 0.25) is 0 Å². The molecule has 1 aliphatic heterocycles. The van der Waals surface area contributed by atoms with Gasteiger partial charge in [-0.15, -0.1) is 0 Å². The summed E-state index contributed by atoms with van der Waals surface area (Å²) in [6.07, 6.45) is 4.04. The number of benzene rings is 1. The lowest BCUT2D eigenvalue weighted by Gasteiger charge is -2.27. The first-order chi connectivity index (χ1) is 14.8. The number of carbonyl (C=O) groups is 3. The minimum atomic E-state index is -0.839. The number of aliphatic hydroxyl groups is 1. The van der Waals surface area contributed by atoms with Crippen molar-refractivity contribution in [2.75, 3.05) is 11.5 Å². The molecule has 7 heteroatoms. The highest BCUT2D eigenvalue weighted by molar-refractivity contribution is 6.16. The number of anilines is 1. The number of aromatic nitrogens is 1. The van der Waals surface area contributed by atoms with Crippen molar-refractivity contribution in [1.29, 1.82) is 0 Å². The van der Waals surface area contributed by atoms with E-state index in [4.69, 9.17) is 4.74 Å². The summed E-state index contributed by atoms with van der Waals surface area (Å²) in [5.41, 5.74) is 1.30. The van der Waals surface area contributed by atoms with E-state index in [1.54, 1.807) is 42.7 Å². The summed E-state index contributed by atoms with van der Waals surface area (Å²) < 4.78 is 5.19. The maximum Gasteiger partial charge on any atom is 0.338 e. The quantitative estimate of drug-likeness (QED) is 0.642. The molecule has 0 saturated heterocycles. The van der Waals surface area contributed by atoms with E-state index >= 15 is 0 Å². The predicted molar refractivity (Wildman–Crippen MR) is 116 cm³/mol. The number of esters is 1. The Kier molecular flexibility index (Phi) is 6.84. The Hall–Kier alpha value is -3.48. The van der Waals surface area contributed by atoms with Gasteiger partial charge >= 0.3 is 5.97 Å². The fourth-order valence-corrected chi connectivity index (χ4v) is 3.55. The minimum absolute atomic E-state index is 0.0469. The van der Waals surface area contributed by atoms with Crippen LogP contribution in [-0.2, 0) is 14.3 Å². The Morgan fingerprint density at radius 2 is 2.00 bits per heavy atom. The summed E-state index contributed by atoms with van der Waals surface area (Å²) in [6.45, 7) is 5.98. The molecule has 1 amide bonds. The van der Waals surface area contributed by atoms with Crippen molar-refractivity contribution >= 4 is 23.3 Å². The van der Waals surface area contributed by atoms with Crippen LogP contribution in [0.1, 0.15) is 55.6 Å². The van der Waals surface area contributed by atoms with E-state index < -0.39 is 23.7 Å². The molecule has 1 aliphatic rings. The number of hydrogen-bond donors (Lipinski definition) is 1. The van der Waals surface area contributed by atoms with Gasteiger partial charge in [-0.1, -0.05) is 32.9 Å².